The molecule has 198 valence electrons. The van der Waals surface area contributed by atoms with Crippen LogP contribution in [0.4, 0.5) is 5.69 Å². The predicted octanol–water partition coefficient (Wildman–Crippen LogP) is 6.72. The fourth-order valence-electron chi connectivity index (χ4n) is 3.64. The molecule has 7 nitrogen and oxygen atoms in total. The molecule has 0 aromatic heterocycles. The number of ether oxygens (including phenoxy) is 3. The Morgan fingerprint density at radius 3 is 2.03 bits per heavy atom. The molecule has 0 heterocycles. The summed E-state index contributed by atoms with van der Waals surface area (Å²) in [4.78, 5) is 37.6. The molecule has 0 radical (unpaired) electrons. The molecule has 4 rings (SSSR count). The lowest BCUT2D eigenvalue weighted by Crippen LogP contribution is -2.16. The lowest BCUT2D eigenvalue weighted by Gasteiger charge is -2.13. The zero-order valence-corrected chi connectivity index (χ0v) is 22.3. The van der Waals surface area contributed by atoms with Crippen molar-refractivity contribution >= 4 is 46.5 Å². The number of rotatable bonds is 10. The third kappa shape index (κ3) is 7.16. The minimum Gasteiger partial charge on any atom is -0.490 e. The summed E-state index contributed by atoms with van der Waals surface area (Å²) in [5, 5.41) is 3.24. The molecule has 0 saturated carbocycles. The van der Waals surface area contributed by atoms with Gasteiger partial charge in [-0.2, -0.15) is 0 Å². The standard InChI is InChI=1S/C30H23Cl2NO6/c1-37-30(36)25-18-23(12-14-27(25)33-29(35)24-13-9-21(31)17-26(24)32)39-16-15-38-22-10-7-20(8-11-22)28(34)19-5-3-2-4-6-19/h2-14,17-18H,15-16H2,1H3,(H,33,35). The Morgan fingerprint density at radius 1 is 0.718 bits per heavy atom. The number of anilines is 1. The normalized spacial score (nSPS) is 10.4. The smallest absolute Gasteiger partial charge is 0.340 e. The van der Waals surface area contributed by atoms with E-state index in [-0.39, 0.29) is 40.8 Å². The zero-order chi connectivity index (χ0) is 27.8. The van der Waals surface area contributed by atoms with Crippen LogP contribution in [0.15, 0.2) is 91.0 Å². The Labute approximate surface area is 235 Å². The van der Waals surface area contributed by atoms with E-state index in [1.807, 2.05) is 18.2 Å². The Kier molecular flexibility index (Phi) is 9.20. The van der Waals surface area contributed by atoms with Gasteiger partial charge in [0.05, 0.1) is 28.9 Å². The van der Waals surface area contributed by atoms with Gasteiger partial charge in [-0.15, -0.1) is 0 Å². The average Bonchev–Trinajstić information content (AvgIpc) is 2.96. The van der Waals surface area contributed by atoms with Crippen molar-refractivity contribution < 1.29 is 28.6 Å². The van der Waals surface area contributed by atoms with Gasteiger partial charge in [0.1, 0.15) is 24.7 Å². The number of esters is 1. The summed E-state index contributed by atoms with van der Waals surface area (Å²) in [5.74, 6) is -0.273. The van der Waals surface area contributed by atoms with Crippen LogP contribution in [-0.2, 0) is 4.74 Å². The van der Waals surface area contributed by atoms with Gasteiger partial charge in [0.25, 0.3) is 5.91 Å². The summed E-state index contributed by atoms with van der Waals surface area (Å²) in [5.41, 5.74) is 1.71. The number of amides is 1. The molecule has 0 atom stereocenters. The van der Waals surface area contributed by atoms with Gasteiger partial charge in [-0.3, -0.25) is 9.59 Å². The number of carbonyl (C=O) groups is 3. The van der Waals surface area contributed by atoms with Gasteiger partial charge >= 0.3 is 5.97 Å². The van der Waals surface area contributed by atoms with Gasteiger partial charge in [-0.05, 0) is 60.7 Å². The van der Waals surface area contributed by atoms with E-state index in [4.69, 9.17) is 37.4 Å². The molecule has 0 saturated heterocycles. The summed E-state index contributed by atoms with van der Waals surface area (Å²) < 4.78 is 16.3. The van der Waals surface area contributed by atoms with Crippen molar-refractivity contribution in [2.75, 3.05) is 25.6 Å². The van der Waals surface area contributed by atoms with E-state index in [2.05, 4.69) is 5.32 Å². The summed E-state index contributed by atoms with van der Waals surface area (Å²) in [7, 11) is 1.24. The number of benzene rings is 4. The third-order valence-electron chi connectivity index (χ3n) is 5.59. The quantitative estimate of drug-likeness (QED) is 0.131. The second kappa shape index (κ2) is 13.0. The minimum absolute atomic E-state index is 0.0669. The van der Waals surface area contributed by atoms with Crippen LogP contribution in [-0.4, -0.2) is 38.0 Å². The maximum absolute atomic E-state index is 12.7. The number of halogens is 2. The number of nitrogens with one attached hydrogen (secondary N) is 1. The topological polar surface area (TPSA) is 90.9 Å². The third-order valence-corrected chi connectivity index (χ3v) is 6.14. The molecule has 0 aliphatic heterocycles. The molecule has 9 heteroatoms. The Morgan fingerprint density at radius 2 is 1.36 bits per heavy atom. The van der Waals surface area contributed by atoms with Crippen LogP contribution in [0, 0.1) is 0 Å². The molecule has 4 aromatic rings. The molecule has 39 heavy (non-hydrogen) atoms. The van der Waals surface area contributed by atoms with Crippen LogP contribution in [0.2, 0.25) is 10.0 Å². The van der Waals surface area contributed by atoms with Crippen molar-refractivity contribution in [1.29, 1.82) is 0 Å². The van der Waals surface area contributed by atoms with Gasteiger partial charge in [-0.1, -0.05) is 53.5 Å². The van der Waals surface area contributed by atoms with E-state index < -0.39 is 11.9 Å². The molecular weight excluding hydrogens is 541 g/mol. The summed E-state index contributed by atoms with van der Waals surface area (Å²) in [6.07, 6.45) is 0. The van der Waals surface area contributed by atoms with E-state index in [1.165, 1.54) is 31.4 Å². The lowest BCUT2D eigenvalue weighted by atomic mass is 10.0. The molecule has 0 unspecified atom stereocenters. The first-order valence-corrected chi connectivity index (χ1v) is 12.6. The monoisotopic (exact) mass is 563 g/mol. The van der Waals surface area contributed by atoms with Gasteiger partial charge < -0.3 is 19.5 Å². The largest absolute Gasteiger partial charge is 0.490 e. The highest BCUT2D eigenvalue weighted by Crippen LogP contribution is 2.26. The summed E-state index contributed by atoms with van der Waals surface area (Å²) in [6, 6.07) is 25.0. The minimum atomic E-state index is -0.653. The first kappa shape index (κ1) is 27.7. The number of carbonyl (C=O) groups excluding carboxylic acids is 3. The van der Waals surface area contributed by atoms with Gasteiger partial charge in [0.15, 0.2) is 5.78 Å². The number of ketones is 1. The molecule has 1 amide bonds. The maximum atomic E-state index is 12.7. The summed E-state index contributed by atoms with van der Waals surface area (Å²) >= 11 is 12.0. The van der Waals surface area contributed by atoms with E-state index in [9.17, 15) is 14.4 Å². The van der Waals surface area contributed by atoms with E-state index in [1.54, 1.807) is 48.5 Å². The molecule has 0 aliphatic carbocycles. The van der Waals surface area contributed by atoms with E-state index in [0.717, 1.165) is 0 Å². The van der Waals surface area contributed by atoms with Crippen LogP contribution < -0.4 is 14.8 Å². The number of hydrogen-bond acceptors (Lipinski definition) is 6. The van der Waals surface area contributed by atoms with Crippen molar-refractivity contribution in [3.05, 3.63) is 123 Å². The van der Waals surface area contributed by atoms with Gasteiger partial charge in [0.2, 0.25) is 0 Å². The van der Waals surface area contributed by atoms with Crippen LogP contribution in [0.25, 0.3) is 0 Å². The highest BCUT2D eigenvalue weighted by atomic mass is 35.5. The zero-order valence-electron chi connectivity index (χ0n) is 20.8. The van der Waals surface area contributed by atoms with E-state index >= 15 is 0 Å². The van der Waals surface area contributed by atoms with Crippen LogP contribution in [0.1, 0.15) is 36.6 Å². The highest BCUT2D eigenvalue weighted by molar-refractivity contribution is 6.37. The Balaban J connectivity index is 1.35. The van der Waals surface area contributed by atoms with Crippen molar-refractivity contribution in [2.24, 2.45) is 0 Å². The number of hydrogen-bond donors (Lipinski definition) is 1. The SMILES string of the molecule is COC(=O)c1cc(OCCOc2ccc(C(=O)c3ccccc3)cc2)ccc1NC(=O)c1ccc(Cl)cc1Cl. The molecule has 0 fully saturated rings. The average molecular weight is 564 g/mol. The highest BCUT2D eigenvalue weighted by Gasteiger charge is 2.18. The Hall–Kier alpha value is -4.33. The van der Waals surface area contributed by atoms with Crippen LogP contribution >= 0.6 is 23.2 Å². The van der Waals surface area contributed by atoms with Crippen molar-refractivity contribution in [1.82, 2.24) is 0 Å². The first-order chi connectivity index (χ1) is 18.9. The second-order valence-electron chi connectivity index (χ2n) is 8.19. The van der Waals surface area contributed by atoms with Crippen molar-refractivity contribution in [3.63, 3.8) is 0 Å². The molecular formula is C30H23Cl2NO6. The predicted molar refractivity (Wildman–Crippen MR) is 150 cm³/mol. The molecule has 0 aliphatic rings. The molecule has 0 bridgehead atoms. The Bertz CT molecular complexity index is 1490. The fraction of sp³-hybridized carbons (Fsp3) is 0.100. The lowest BCUT2D eigenvalue weighted by molar-refractivity contribution is 0.0601. The number of methoxy groups -OCH3 is 1. The summed E-state index contributed by atoms with van der Waals surface area (Å²) in [6.45, 7) is 0.393. The van der Waals surface area contributed by atoms with Crippen molar-refractivity contribution in [2.45, 2.75) is 0 Å². The van der Waals surface area contributed by atoms with Gasteiger partial charge in [0, 0.05) is 16.1 Å². The van der Waals surface area contributed by atoms with Crippen LogP contribution in [0.5, 0.6) is 11.5 Å². The van der Waals surface area contributed by atoms with Crippen molar-refractivity contribution in [3.8, 4) is 11.5 Å². The van der Waals surface area contributed by atoms with E-state index in [0.29, 0.717) is 27.6 Å². The molecule has 1 N–H and O–H groups in total. The van der Waals surface area contributed by atoms with Crippen LogP contribution in [0.3, 0.4) is 0 Å². The maximum Gasteiger partial charge on any atom is 0.340 e. The molecule has 0 spiro atoms. The first-order valence-electron chi connectivity index (χ1n) is 11.8. The fourth-order valence-corrected chi connectivity index (χ4v) is 4.14. The molecule has 4 aromatic carbocycles. The van der Waals surface area contributed by atoms with Gasteiger partial charge in [-0.25, -0.2) is 4.79 Å². The second-order valence-corrected chi connectivity index (χ2v) is 9.04.